The molecule has 3 nitrogen and oxygen atoms in total. The lowest BCUT2D eigenvalue weighted by Gasteiger charge is -2.22. The molecule has 6 aromatic carbocycles. The van der Waals surface area contributed by atoms with Crippen LogP contribution >= 0.6 is 11.3 Å². The number of hydrogen-bond acceptors (Lipinski definition) is 3. The van der Waals surface area contributed by atoms with Gasteiger partial charge in [-0.05, 0) is 80.4 Å². The molecule has 4 heteroatoms. The molecule has 11 rings (SSSR count). The van der Waals surface area contributed by atoms with E-state index in [-0.39, 0.29) is 5.41 Å². The fourth-order valence-electron chi connectivity index (χ4n) is 8.81. The molecule has 3 heterocycles. The molecule has 0 spiro atoms. The smallest absolute Gasteiger partial charge is 0.235 e. The molecule has 0 bridgehead atoms. The minimum atomic E-state index is -0.0985. The predicted molar refractivity (Wildman–Crippen MR) is 212 cm³/mol. The van der Waals surface area contributed by atoms with Gasteiger partial charge in [0.1, 0.15) is 0 Å². The van der Waals surface area contributed by atoms with E-state index >= 15 is 0 Å². The maximum atomic E-state index is 5.60. The summed E-state index contributed by atoms with van der Waals surface area (Å²) in [7, 11) is 0. The van der Waals surface area contributed by atoms with Crippen molar-refractivity contribution in [2.45, 2.75) is 32.6 Å². The van der Waals surface area contributed by atoms with Crippen LogP contribution in [0.2, 0.25) is 0 Å². The Balaban J connectivity index is 1.25. The summed E-state index contributed by atoms with van der Waals surface area (Å²) in [5.74, 6) is 1.22. The lowest BCUT2D eigenvalue weighted by atomic mass is 9.82. The van der Waals surface area contributed by atoms with Gasteiger partial charge in [-0.25, -0.2) is 9.97 Å². The van der Waals surface area contributed by atoms with E-state index < -0.39 is 0 Å². The first-order valence-corrected chi connectivity index (χ1v) is 18.4. The molecule has 0 N–H and O–H groups in total. The highest BCUT2D eigenvalue weighted by Gasteiger charge is 2.35. The van der Waals surface area contributed by atoms with E-state index in [9.17, 15) is 0 Å². The first-order valence-electron chi connectivity index (χ1n) is 17.6. The Morgan fingerprint density at radius 1 is 0.700 bits per heavy atom. The molecule has 0 unspecified atom stereocenters. The Bertz CT molecular complexity index is 2960. The SMILES string of the molecule is C[C@H]1C=Cc2c(sc3c(-c4ccc5c(c4)C(C)(C)c4ccccc4-5)nc(-n4c5cc6ccccc6cc5c5c6ccccc6ccc54)nc23)C1. The summed E-state index contributed by atoms with van der Waals surface area (Å²) in [5.41, 5.74) is 12.0. The third-order valence-electron chi connectivity index (χ3n) is 11.3. The van der Waals surface area contributed by atoms with Gasteiger partial charge >= 0.3 is 0 Å². The van der Waals surface area contributed by atoms with Crippen LogP contribution in [-0.4, -0.2) is 14.5 Å². The maximum absolute atomic E-state index is 5.60. The summed E-state index contributed by atoms with van der Waals surface area (Å²) in [6.45, 7) is 7.01. The number of hydrogen-bond donors (Lipinski definition) is 0. The van der Waals surface area contributed by atoms with Crippen LogP contribution in [0.4, 0.5) is 0 Å². The Kier molecular flexibility index (Phi) is 5.65. The van der Waals surface area contributed by atoms with E-state index in [1.807, 2.05) is 11.3 Å². The highest BCUT2D eigenvalue weighted by Crippen LogP contribution is 2.50. The molecule has 2 aliphatic carbocycles. The number of fused-ring (bicyclic) bond motifs is 12. The molecule has 0 fully saturated rings. The normalized spacial score (nSPS) is 16.1. The zero-order valence-corrected chi connectivity index (χ0v) is 29.0. The van der Waals surface area contributed by atoms with E-state index in [2.05, 4.69) is 153 Å². The minimum Gasteiger partial charge on any atom is -0.278 e. The first kappa shape index (κ1) is 28.3. The van der Waals surface area contributed by atoms with Crippen LogP contribution in [0.1, 0.15) is 42.3 Å². The standard InChI is InChI=1S/C46H33N3S/c1-26-16-19-34-40(22-26)50-44-42(30-17-20-33-32-14-8-9-15-36(32)46(2,3)37(33)24-30)47-45(48-43(34)44)49-38-21-18-27-10-6-7-13-31(27)41(38)35-23-28-11-4-5-12-29(28)25-39(35)49/h4-21,23-26H,22H2,1-3H3/t26-/m0/s1. The molecule has 238 valence electrons. The van der Waals surface area contributed by atoms with E-state index in [1.165, 1.54) is 69.7 Å². The van der Waals surface area contributed by atoms with Gasteiger partial charge in [0, 0.05) is 32.2 Å². The van der Waals surface area contributed by atoms with Crippen LogP contribution in [0.25, 0.3) is 88.0 Å². The maximum Gasteiger partial charge on any atom is 0.235 e. The number of thiophene rings is 1. The molecule has 0 radical (unpaired) electrons. The van der Waals surface area contributed by atoms with Gasteiger partial charge in [-0.2, -0.15) is 0 Å². The number of benzene rings is 6. The van der Waals surface area contributed by atoms with Crippen molar-refractivity contribution in [1.82, 2.24) is 14.5 Å². The zero-order chi connectivity index (χ0) is 33.3. The highest BCUT2D eigenvalue weighted by atomic mass is 32.1. The summed E-state index contributed by atoms with van der Waals surface area (Å²) >= 11 is 1.88. The van der Waals surface area contributed by atoms with Gasteiger partial charge in [-0.15, -0.1) is 11.3 Å². The van der Waals surface area contributed by atoms with Gasteiger partial charge in [0.25, 0.3) is 0 Å². The number of aromatic nitrogens is 3. The van der Waals surface area contributed by atoms with Crippen LogP contribution in [-0.2, 0) is 11.8 Å². The molecule has 9 aromatic rings. The van der Waals surface area contributed by atoms with Crippen molar-refractivity contribution in [3.05, 3.63) is 143 Å². The number of allylic oxidation sites excluding steroid dienone is 1. The van der Waals surface area contributed by atoms with Crippen LogP contribution < -0.4 is 0 Å². The second-order valence-electron chi connectivity index (χ2n) is 14.7. The van der Waals surface area contributed by atoms with Gasteiger partial charge in [-0.1, -0.05) is 124 Å². The summed E-state index contributed by atoms with van der Waals surface area (Å²) in [5, 5.41) is 7.38. The van der Waals surface area contributed by atoms with Gasteiger partial charge in [-0.3, -0.25) is 4.57 Å². The number of rotatable bonds is 2. The Morgan fingerprint density at radius 3 is 2.34 bits per heavy atom. The fraction of sp³-hybridized carbons (Fsp3) is 0.130. The van der Waals surface area contributed by atoms with Crippen molar-refractivity contribution in [3.63, 3.8) is 0 Å². The van der Waals surface area contributed by atoms with Crippen molar-refractivity contribution in [1.29, 1.82) is 0 Å². The van der Waals surface area contributed by atoms with Crippen molar-refractivity contribution < 1.29 is 0 Å². The third kappa shape index (κ3) is 3.80. The summed E-state index contributed by atoms with van der Waals surface area (Å²) < 4.78 is 3.49. The molecule has 0 saturated carbocycles. The predicted octanol–water partition coefficient (Wildman–Crippen LogP) is 12.3. The van der Waals surface area contributed by atoms with Crippen LogP contribution in [0.15, 0.2) is 121 Å². The molecular weight excluding hydrogens is 627 g/mol. The van der Waals surface area contributed by atoms with Crippen LogP contribution in [0, 0.1) is 5.92 Å². The van der Waals surface area contributed by atoms with Crippen molar-refractivity contribution in [2.75, 3.05) is 0 Å². The van der Waals surface area contributed by atoms with E-state index in [1.54, 1.807) is 0 Å². The number of nitrogens with zero attached hydrogens (tertiary/aromatic N) is 3. The largest absolute Gasteiger partial charge is 0.278 e. The summed E-state index contributed by atoms with van der Waals surface area (Å²) in [6, 6.07) is 42.4. The van der Waals surface area contributed by atoms with Crippen LogP contribution in [0.3, 0.4) is 0 Å². The zero-order valence-electron chi connectivity index (χ0n) is 28.2. The third-order valence-corrected chi connectivity index (χ3v) is 12.5. The van der Waals surface area contributed by atoms with Gasteiger partial charge in [0.2, 0.25) is 5.95 Å². The average Bonchev–Trinajstić information content (AvgIpc) is 3.75. The second-order valence-corrected chi connectivity index (χ2v) is 15.8. The minimum absolute atomic E-state index is 0.0985. The van der Waals surface area contributed by atoms with Crippen molar-refractivity contribution >= 4 is 71.0 Å². The molecule has 50 heavy (non-hydrogen) atoms. The van der Waals surface area contributed by atoms with Crippen molar-refractivity contribution in [2.24, 2.45) is 5.92 Å². The lowest BCUT2D eigenvalue weighted by Crippen LogP contribution is -2.15. The Hall–Kier alpha value is -5.58. The molecular formula is C46H33N3S. The van der Waals surface area contributed by atoms with E-state index in [0.717, 1.165) is 34.2 Å². The average molecular weight is 660 g/mol. The van der Waals surface area contributed by atoms with Gasteiger partial charge in [0.15, 0.2) is 0 Å². The molecule has 0 amide bonds. The highest BCUT2D eigenvalue weighted by molar-refractivity contribution is 7.19. The monoisotopic (exact) mass is 659 g/mol. The summed E-state index contributed by atoms with van der Waals surface area (Å²) in [4.78, 5) is 12.5. The Morgan fingerprint density at radius 2 is 1.46 bits per heavy atom. The van der Waals surface area contributed by atoms with Crippen molar-refractivity contribution in [3.8, 4) is 28.3 Å². The quantitative estimate of drug-likeness (QED) is 0.185. The fourth-order valence-corrected chi connectivity index (χ4v) is 10.2. The molecule has 2 aliphatic rings. The second kappa shape index (κ2) is 9.99. The van der Waals surface area contributed by atoms with Gasteiger partial charge in [0.05, 0.1) is 26.9 Å². The molecule has 0 aliphatic heterocycles. The van der Waals surface area contributed by atoms with Gasteiger partial charge < -0.3 is 0 Å². The summed E-state index contributed by atoms with van der Waals surface area (Å²) in [6.07, 6.45) is 5.67. The Labute approximate surface area is 294 Å². The lowest BCUT2D eigenvalue weighted by molar-refractivity contribution is 0.660. The van der Waals surface area contributed by atoms with Crippen LogP contribution in [0.5, 0.6) is 0 Å². The first-order chi connectivity index (χ1) is 24.4. The van der Waals surface area contributed by atoms with E-state index in [0.29, 0.717) is 11.9 Å². The molecule has 3 aromatic heterocycles. The molecule has 1 atom stereocenters. The van der Waals surface area contributed by atoms with E-state index in [4.69, 9.17) is 9.97 Å². The molecule has 0 saturated heterocycles. The topological polar surface area (TPSA) is 30.7 Å².